The predicted molar refractivity (Wildman–Crippen MR) is 61.3 cm³/mol. The van der Waals surface area contributed by atoms with Gasteiger partial charge in [0.15, 0.2) is 10.8 Å². The maximum atomic E-state index is 5.40. The smallest absolute Gasteiger partial charge is 0.158 e. The van der Waals surface area contributed by atoms with Crippen LogP contribution in [0, 0.1) is 12.8 Å². The summed E-state index contributed by atoms with van der Waals surface area (Å²) >= 11 is 1.63. The molecule has 14 heavy (non-hydrogen) atoms. The van der Waals surface area contributed by atoms with Crippen LogP contribution in [0.5, 0.6) is 0 Å². The molecule has 2 nitrogen and oxygen atoms in total. The first-order valence-corrected chi connectivity index (χ1v) is 5.61. The normalized spacial score (nSPS) is 13.0. The molecule has 0 aromatic carbocycles. The molecule has 1 aromatic heterocycles. The van der Waals surface area contributed by atoms with E-state index in [0.717, 1.165) is 16.5 Å². The average Bonchev–Trinajstić information content (AvgIpc) is 2.53. The van der Waals surface area contributed by atoms with Crippen LogP contribution in [0.4, 0.5) is 0 Å². The zero-order valence-corrected chi connectivity index (χ0v) is 10.2. The van der Waals surface area contributed by atoms with Gasteiger partial charge in [-0.25, -0.2) is 4.98 Å². The van der Waals surface area contributed by atoms with Gasteiger partial charge >= 0.3 is 0 Å². The largest absolute Gasteiger partial charge is 0.494 e. The number of allylic oxidation sites excluding steroid dienone is 1. The van der Waals surface area contributed by atoms with Gasteiger partial charge in [0.25, 0.3) is 0 Å². The van der Waals surface area contributed by atoms with Crippen molar-refractivity contribution in [1.82, 2.24) is 4.98 Å². The van der Waals surface area contributed by atoms with Crippen LogP contribution in [0.2, 0.25) is 0 Å². The first-order valence-electron chi connectivity index (χ1n) is 4.73. The molecule has 0 aliphatic rings. The highest BCUT2D eigenvalue weighted by atomic mass is 32.1. The van der Waals surface area contributed by atoms with Gasteiger partial charge in [-0.2, -0.15) is 0 Å². The summed E-state index contributed by atoms with van der Waals surface area (Å²) in [6, 6.07) is 0. The van der Waals surface area contributed by atoms with Gasteiger partial charge in [0.05, 0.1) is 7.11 Å². The average molecular weight is 211 g/mol. The first kappa shape index (κ1) is 11.2. The molecule has 0 amide bonds. The van der Waals surface area contributed by atoms with Crippen LogP contribution in [0.3, 0.4) is 0 Å². The molecule has 0 saturated carbocycles. The number of nitrogens with zero attached hydrogens (tertiary/aromatic N) is 1. The number of hydrogen-bond donors (Lipinski definition) is 0. The Hall–Kier alpha value is -0.830. The monoisotopic (exact) mass is 211 g/mol. The lowest BCUT2D eigenvalue weighted by molar-refractivity contribution is 0.363. The minimum absolute atomic E-state index is 0.495. The van der Waals surface area contributed by atoms with Gasteiger partial charge in [0.1, 0.15) is 0 Å². The van der Waals surface area contributed by atoms with Crippen LogP contribution in [0.15, 0.2) is 11.0 Å². The number of rotatable bonds is 3. The molecule has 0 unspecified atom stereocenters. The van der Waals surface area contributed by atoms with E-state index in [1.54, 1.807) is 18.4 Å². The van der Waals surface area contributed by atoms with E-state index in [0.29, 0.717) is 5.92 Å². The summed E-state index contributed by atoms with van der Waals surface area (Å²) < 4.78 is 5.40. The van der Waals surface area contributed by atoms with E-state index in [-0.39, 0.29) is 0 Å². The maximum absolute atomic E-state index is 5.40. The molecule has 0 radical (unpaired) electrons. The van der Waals surface area contributed by atoms with Crippen molar-refractivity contribution in [3.05, 3.63) is 21.7 Å². The SMILES string of the molecule is CO/C(=C(/C)C(C)C)c1nc(C)cs1. The fourth-order valence-electron chi connectivity index (χ4n) is 1.14. The van der Waals surface area contributed by atoms with E-state index in [4.69, 9.17) is 4.74 Å². The Labute approximate surface area is 89.6 Å². The Morgan fingerprint density at radius 1 is 1.50 bits per heavy atom. The maximum Gasteiger partial charge on any atom is 0.158 e. The standard InChI is InChI=1S/C11H17NOS/c1-7(2)9(4)10(13-5)11-12-8(3)6-14-11/h6-7H,1-5H3/b10-9-. The molecule has 0 N–H and O–H groups in total. The van der Waals surface area contributed by atoms with Crippen LogP contribution in [0.1, 0.15) is 31.5 Å². The van der Waals surface area contributed by atoms with Crippen LogP contribution in [-0.2, 0) is 4.74 Å². The van der Waals surface area contributed by atoms with Crippen LogP contribution >= 0.6 is 11.3 Å². The van der Waals surface area contributed by atoms with Gasteiger partial charge in [0, 0.05) is 11.1 Å². The second kappa shape index (κ2) is 4.60. The van der Waals surface area contributed by atoms with Crippen molar-refractivity contribution in [2.75, 3.05) is 7.11 Å². The molecule has 1 aromatic rings. The highest BCUT2D eigenvalue weighted by molar-refractivity contribution is 7.10. The number of thiazole rings is 1. The van der Waals surface area contributed by atoms with Gasteiger partial charge in [-0.1, -0.05) is 13.8 Å². The van der Waals surface area contributed by atoms with Crippen molar-refractivity contribution >= 4 is 17.1 Å². The van der Waals surface area contributed by atoms with Crippen LogP contribution in [0.25, 0.3) is 5.76 Å². The highest BCUT2D eigenvalue weighted by Crippen LogP contribution is 2.26. The summed E-state index contributed by atoms with van der Waals surface area (Å²) in [5.74, 6) is 1.42. The molecule has 0 aliphatic carbocycles. The summed E-state index contributed by atoms with van der Waals surface area (Å²) in [5.41, 5.74) is 2.30. The number of aromatic nitrogens is 1. The molecule has 0 atom stereocenters. The third kappa shape index (κ3) is 2.35. The van der Waals surface area contributed by atoms with Gasteiger partial charge in [0.2, 0.25) is 0 Å². The van der Waals surface area contributed by atoms with Crippen molar-refractivity contribution in [2.45, 2.75) is 27.7 Å². The summed E-state index contributed by atoms with van der Waals surface area (Å²) in [5, 5.41) is 3.03. The number of ether oxygens (including phenoxy) is 1. The van der Waals surface area contributed by atoms with E-state index in [1.165, 1.54) is 5.57 Å². The molecule has 0 fully saturated rings. The van der Waals surface area contributed by atoms with E-state index in [9.17, 15) is 0 Å². The Morgan fingerprint density at radius 3 is 2.50 bits per heavy atom. The lowest BCUT2D eigenvalue weighted by atomic mass is 10.0. The summed E-state index contributed by atoms with van der Waals surface area (Å²) in [7, 11) is 1.71. The zero-order valence-electron chi connectivity index (χ0n) is 9.42. The molecule has 0 bridgehead atoms. The number of methoxy groups -OCH3 is 1. The topological polar surface area (TPSA) is 22.1 Å². The second-order valence-electron chi connectivity index (χ2n) is 3.67. The van der Waals surface area contributed by atoms with Gasteiger partial charge < -0.3 is 4.74 Å². The lowest BCUT2D eigenvalue weighted by Gasteiger charge is -2.11. The van der Waals surface area contributed by atoms with Gasteiger partial charge in [-0.15, -0.1) is 11.3 Å². The predicted octanol–water partition coefficient (Wildman–Crippen LogP) is 3.48. The third-order valence-electron chi connectivity index (χ3n) is 2.24. The summed E-state index contributed by atoms with van der Waals surface area (Å²) in [4.78, 5) is 4.42. The van der Waals surface area contributed by atoms with Gasteiger partial charge in [-0.05, 0) is 25.3 Å². The quantitative estimate of drug-likeness (QED) is 0.714. The molecule has 1 heterocycles. The van der Waals surface area contributed by atoms with Crippen molar-refractivity contribution < 1.29 is 4.74 Å². The van der Waals surface area contributed by atoms with Crippen molar-refractivity contribution in [1.29, 1.82) is 0 Å². The molecule has 0 spiro atoms. The molecular formula is C11H17NOS. The van der Waals surface area contributed by atoms with E-state index in [2.05, 4.69) is 25.8 Å². The van der Waals surface area contributed by atoms with Crippen LogP contribution < -0.4 is 0 Å². The van der Waals surface area contributed by atoms with Crippen molar-refractivity contribution in [3.63, 3.8) is 0 Å². The lowest BCUT2D eigenvalue weighted by Crippen LogP contribution is -1.97. The molecule has 78 valence electrons. The third-order valence-corrected chi connectivity index (χ3v) is 3.20. The van der Waals surface area contributed by atoms with E-state index >= 15 is 0 Å². The van der Waals surface area contributed by atoms with Crippen LogP contribution in [-0.4, -0.2) is 12.1 Å². The van der Waals surface area contributed by atoms with Gasteiger partial charge in [-0.3, -0.25) is 0 Å². The minimum atomic E-state index is 0.495. The Balaban J connectivity index is 3.09. The first-order chi connectivity index (χ1) is 6.56. The molecule has 0 saturated heterocycles. The Kier molecular flexibility index (Phi) is 3.69. The Bertz CT molecular complexity index is 339. The van der Waals surface area contributed by atoms with E-state index < -0.39 is 0 Å². The summed E-state index contributed by atoms with van der Waals surface area (Å²) in [6.07, 6.45) is 0. The Morgan fingerprint density at radius 2 is 2.14 bits per heavy atom. The van der Waals surface area contributed by atoms with Crippen molar-refractivity contribution in [3.8, 4) is 0 Å². The van der Waals surface area contributed by atoms with Crippen molar-refractivity contribution in [2.24, 2.45) is 5.92 Å². The fraction of sp³-hybridized carbons (Fsp3) is 0.545. The summed E-state index contributed by atoms with van der Waals surface area (Å²) in [6.45, 7) is 8.42. The number of hydrogen-bond acceptors (Lipinski definition) is 3. The molecule has 3 heteroatoms. The number of aryl methyl sites for hydroxylation is 1. The molecule has 1 rings (SSSR count). The molecular weight excluding hydrogens is 194 g/mol. The van der Waals surface area contributed by atoms with E-state index in [1.807, 2.05) is 12.3 Å². The fourth-order valence-corrected chi connectivity index (χ4v) is 2.02. The minimum Gasteiger partial charge on any atom is -0.494 e. The zero-order chi connectivity index (χ0) is 10.7. The second-order valence-corrected chi connectivity index (χ2v) is 4.52. The molecule has 0 aliphatic heterocycles. The highest BCUT2D eigenvalue weighted by Gasteiger charge is 2.12.